The Balaban J connectivity index is 1.55. The number of amides is 1. The molecule has 1 N–H and O–H groups in total. The number of ether oxygens (including phenoxy) is 2. The molecule has 0 aromatic heterocycles. The summed E-state index contributed by atoms with van der Waals surface area (Å²) in [5, 5.41) is 3.26. The lowest BCUT2D eigenvalue weighted by atomic mass is 9.97. The Kier molecular flexibility index (Phi) is 7.10. The minimum absolute atomic E-state index is 0.0644. The van der Waals surface area contributed by atoms with Gasteiger partial charge in [-0.1, -0.05) is 62.4 Å². The second kappa shape index (κ2) is 10.4. The van der Waals surface area contributed by atoms with E-state index < -0.39 is 0 Å². The first-order valence-corrected chi connectivity index (χ1v) is 11.4. The summed E-state index contributed by atoms with van der Waals surface area (Å²) >= 11 is 0. The van der Waals surface area contributed by atoms with Crippen LogP contribution in [0.4, 0.5) is 0 Å². The quantitative estimate of drug-likeness (QED) is 0.495. The van der Waals surface area contributed by atoms with E-state index in [-0.39, 0.29) is 11.9 Å². The van der Waals surface area contributed by atoms with Gasteiger partial charge < -0.3 is 14.8 Å². The van der Waals surface area contributed by atoms with E-state index in [4.69, 9.17) is 9.47 Å². The van der Waals surface area contributed by atoms with E-state index in [1.54, 1.807) is 0 Å². The zero-order valence-electron chi connectivity index (χ0n) is 18.8. The van der Waals surface area contributed by atoms with Gasteiger partial charge in [0.05, 0.1) is 19.3 Å². The van der Waals surface area contributed by atoms with Gasteiger partial charge in [-0.05, 0) is 59.7 Å². The molecular formula is C28H31NO3. The molecule has 0 radical (unpaired) electrons. The van der Waals surface area contributed by atoms with Crippen molar-refractivity contribution in [2.45, 2.75) is 45.1 Å². The van der Waals surface area contributed by atoms with E-state index in [0.717, 1.165) is 36.3 Å². The maximum atomic E-state index is 13.1. The Morgan fingerprint density at radius 2 is 1.56 bits per heavy atom. The standard InChI is InChI=1S/C28H31NO3/c1-20(2)22-10-12-23(13-11-22)28(30)29-25(15-9-21-7-4-3-5-8-21)24-14-16-26-27(19-24)32-18-6-17-31-26/h3-5,7-8,10-14,16,19-20,25H,6,9,15,17-18H2,1-2H3,(H,29,30). The normalized spacial score (nSPS) is 14.0. The molecule has 0 aliphatic carbocycles. The first-order valence-electron chi connectivity index (χ1n) is 11.4. The maximum absolute atomic E-state index is 13.1. The Hall–Kier alpha value is -3.27. The first-order chi connectivity index (χ1) is 15.6. The van der Waals surface area contributed by atoms with Crippen molar-refractivity contribution in [3.05, 3.63) is 95.1 Å². The summed E-state index contributed by atoms with van der Waals surface area (Å²) in [6.45, 7) is 5.60. The van der Waals surface area contributed by atoms with Crippen molar-refractivity contribution in [3.8, 4) is 11.5 Å². The summed E-state index contributed by atoms with van der Waals surface area (Å²) in [7, 11) is 0. The Morgan fingerprint density at radius 3 is 2.28 bits per heavy atom. The van der Waals surface area contributed by atoms with E-state index in [2.05, 4.69) is 31.3 Å². The average Bonchev–Trinajstić information content (AvgIpc) is 3.07. The molecule has 0 saturated heterocycles. The molecule has 0 bridgehead atoms. The van der Waals surface area contributed by atoms with Gasteiger partial charge in [0.2, 0.25) is 0 Å². The molecule has 3 aromatic rings. The number of nitrogens with one attached hydrogen (secondary N) is 1. The van der Waals surface area contributed by atoms with Crippen molar-refractivity contribution < 1.29 is 14.3 Å². The molecule has 0 spiro atoms. The van der Waals surface area contributed by atoms with Crippen molar-refractivity contribution >= 4 is 5.91 Å². The number of carbonyl (C=O) groups excluding carboxylic acids is 1. The monoisotopic (exact) mass is 429 g/mol. The molecule has 4 rings (SSSR count). The molecule has 0 saturated carbocycles. The largest absolute Gasteiger partial charge is 0.490 e. The Labute approximate surface area is 190 Å². The van der Waals surface area contributed by atoms with Crippen molar-refractivity contribution in [2.75, 3.05) is 13.2 Å². The van der Waals surface area contributed by atoms with Crippen LogP contribution in [0, 0.1) is 0 Å². The first kappa shape index (κ1) is 21.9. The highest BCUT2D eigenvalue weighted by Crippen LogP contribution is 2.33. The van der Waals surface area contributed by atoms with E-state index in [9.17, 15) is 4.79 Å². The molecule has 166 valence electrons. The second-order valence-electron chi connectivity index (χ2n) is 8.58. The molecule has 1 aliphatic rings. The highest BCUT2D eigenvalue weighted by atomic mass is 16.5. The Morgan fingerprint density at radius 1 is 0.875 bits per heavy atom. The summed E-state index contributed by atoms with van der Waals surface area (Å²) in [6.07, 6.45) is 2.52. The van der Waals surface area contributed by atoms with Crippen molar-refractivity contribution in [1.29, 1.82) is 0 Å². The van der Waals surface area contributed by atoms with Gasteiger partial charge in [0.15, 0.2) is 11.5 Å². The highest BCUT2D eigenvalue weighted by Gasteiger charge is 2.19. The van der Waals surface area contributed by atoms with Crippen LogP contribution in [-0.4, -0.2) is 19.1 Å². The number of rotatable bonds is 7. The fourth-order valence-corrected chi connectivity index (χ4v) is 3.94. The number of benzene rings is 3. The summed E-state index contributed by atoms with van der Waals surface area (Å²) in [5.74, 6) is 1.89. The average molecular weight is 430 g/mol. The third kappa shape index (κ3) is 5.50. The number of hydrogen-bond donors (Lipinski definition) is 1. The minimum Gasteiger partial charge on any atom is -0.490 e. The molecule has 1 amide bonds. The van der Waals surface area contributed by atoms with E-state index in [0.29, 0.717) is 24.7 Å². The zero-order valence-corrected chi connectivity index (χ0v) is 18.8. The molecule has 4 nitrogen and oxygen atoms in total. The van der Waals surface area contributed by atoms with E-state index in [1.807, 2.05) is 60.7 Å². The SMILES string of the molecule is CC(C)c1ccc(C(=O)NC(CCc2ccccc2)c2ccc3c(c2)OCCCO3)cc1. The van der Waals surface area contributed by atoms with Crippen LogP contribution in [-0.2, 0) is 6.42 Å². The van der Waals surface area contributed by atoms with Crippen LogP contribution in [0.5, 0.6) is 11.5 Å². The predicted octanol–water partition coefficient (Wildman–Crippen LogP) is 6.08. The van der Waals surface area contributed by atoms with Crippen LogP contribution >= 0.6 is 0 Å². The van der Waals surface area contributed by atoms with Crippen LogP contribution in [0.3, 0.4) is 0 Å². The fraction of sp³-hybridized carbons (Fsp3) is 0.321. The molecule has 1 atom stereocenters. The van der Waals surface area contributed by atoms with Crippen LogP contribution in [0.1, 0.15) is 65.7 Å². The van der Waals surface area contributed by atoms with Gasteiger partial charge in [0.1, 0.15) is 0 Å². The van der Waals surface area contributed by atoms with Crippen LogP contribution in [0.25, 0.3) is 0 Å². The van der Waals surface area contributed by atoms with Crippen LogP contribution in [0.2, 0.25) is 0 Å². The smallest absolute Gasteiger partial charge is 0.251 e. The molecule has 1 heterocycles. The maximum Gasteiger partial charge on any atom is 0.251 e. The molecule has 0 fully saturated rings. The summed E-state index contributed by atoms with van der Waals surface area (Å²) in [4.78, 5) is 13.1. The van der Waals surface area contributed by atoms with Gasteiger partial charge in [-0.3, -0.25) is 4.79 Å². The van der Waals surface area contributed by atoms with Gasteiger partial charge in [0, 0.05) is 12.0 Å². The fourth-order valence-electron chi connectivity index (χ4n) is 3.94. The summed E-state index contributed by atoms with van der Waals surface area (Å²) < 4.78 is 11.7. The molecule has 1 unspecified atom stereocenters. The third-order valence-corrected chi connectivity index (χ3v) is 5.88. The zero-order chi connectivity index (χ0) is 22.3. The summed E-state index contributed by atoms with van der Waals surface area (Å²) in [5.41, 5.74) is 4.18. The van der Waals surface area contributed by atoms with Crippen molar-refractivity contribution in [1.82, 2.24) is 5.32 Å². The van der Waals surface area contributed by atoms with Crippen LogP contribution in [0.15, 0.2) is 72.8 Å². The van der Waals surface area contributed by atoms with E-state index >= 15 is 0 Å². The highest BCUT2D eigenvalue weighted by molar-refractivity contribution is 5.94. The van der Waals surface area contributed by atoms with Crippen molar-refractivity contribution in [3.63, 3.8) is 0 Å². The molecule has 32 heavy (non-hydrogen) atoms. The lowest BCUT2D eigenvalue weighted by molar-refractivity contribution is 0.0934. The second-order valence-corrected chi connectivity index (χ2v) is 8.58. The minimum atomic E-state index is -0.135. The molecule has 3 aromatic carbocycles. The lowest BCUT2D eigenvalue weighted by Crippen LogP contribution is -2.29. The van der Waals surface area contributed by atoms with E-state index in [1.165, 1.54) is 11.1 Å². The molecular weight excluding hydrogens is 398 g/mol. The topological polar surface area (TPSA) is 47.6 Å². The number of carbonyl (C=O) groups is 1. The summed E-state index contributed by atoms with van der Waals surface area (Å²) in [6, 6.07) is 24.1. The molecule has 4 heteroatoms. The van der Waals surface area contributed by atoms with Crippen LogP contribution < -0.4 is 14.8 Å². The van der Waals surface area contributed by atoms with Gasteiger partial charge in [-0.15, -0.1) is 0 Å². The predicted molar refractivity (Wildman–Crippen MR) is 128 cm³/mol. The number of aryl methyl sites for hydroxylation is 1. The third-order valence-electron chi connectivity index (χ3n) is 5.88. The number of hydrogen-bond acceptors (Lipinski definition) is 3. The van der Waals surface area contributed by atoms with Gasteiger partial charge >= 0.3 is 0 Å². The molecule has 1 aliphatic heterocycles. The van der Waals surface area contributed by atoms with Gasteiger partial charge in [0.25, 0.3) is 5.91 Å². The van der Waals surface area contributed by atoms with Gasteiger partial charge in [-0.2, -0.15) is 0 Å². The van der Waals surface area contributed by atoms with Crippen molar-refractivity contribution in [2.24, 2.45) is 0 Å². The Bertz CT molecular complexity index is 1030. The number of fused-ring (bicyclic) bond motifs is 1. The lowest BCUT2D eigenvalue weighted by Gasteiger charge is -2.21. The van der Waals surface area contributed by atoms with Gasteiger partial charge in [-0.25, -0.2) is 0 Å².